The Morgan fingerprint density at radius 2 is 1.19 bits per heavy atom. The van der Waals surface area contributed by atoms with Crippen molar-refractivity contribution in [2.75, 3.05) is 0 Å². The lowest BCUT2D eigenvalue weighted by molar-refractivity contribution is -0.276. The molecule has 0 radical (unpaired) electrons. The number of aryl methyl sites for hydroxylation is 1. The van der Waals surface area contributed by atoms with Gasteiger partial charge in [0, 0.05) is 17.2 Å². The van der Waals surface area contributed by atoms with Crippen molar-refractivity contribution >= 4 is 0 Å². The van der Waals surface area contributed by atoms with Gasteiger partial charge in [-0.1, -0.05) is 49.5 Å². The highest BCUT2D eigenvalue weighted by Crippen LogP contribution is 2.34. The minimum Gasteiger partial charge on any atom is -0.429 e. The maximum absolute atomic E-state index is 14.7. The molecule has 0 N–H and O–H groups in total. The molecule has 0 spiro atoms. The average molecular weight is 683 g/mol. The van der Waals surface area contributed by atoms with Crippen LogP contribution in [-0.2, 0) is 12.5 Å². The Morgan fingerprint density at radius 3 is 1.75 bits per heavy atom. The van der Waals surface area contributed by atoms with Crippen LogP contribution in [-0.4, -0.2) is 6.36 Å². The summed E-state index contributed by atoms with van der Waals surface area (Å²) in [5.74, 6) is -2.27. The molecule has 0 aliphatic carbocycles. The van der Waals surface area contributed by atoms with Crippen LogP contribution in [0.3, 0.4) is 0 Å². The molecule has 2 nitrogen and oxygen atoms in total. The number of rotatable bonds is 8. The summed E-state index contributed by atoms with van der Waals surface area (Å²) >= 11 is 0. The third-order valence-electron chi connectivity index (χ3n) is 6.53. The molecule has 0 unspecified atom stereocenters. The molecule has 250 valence electrons. The van der Waals surface area contributed by atoms with E-state index in [-0.39, 0.29) is 11.1 Å². The van der Waals surface area contributed by atoms with E-state index in [1.165, 1.54) is 6.07 Å². The number of hydrogen-bond donors (Lipinski definition) is 0. The molecule has 13 heteroatoms. The number of benzene rings is 4. The van der Waals surface area contributed by atoms with Gasteiger partial charge in [0.2, 0.25) is 5.75 Å². The topological polar surface area (TPSA) is 18.5 Å². The second-order valence-electron chi connectivity index (χ2n) is 10.2. The predicted molar refractivity (Wildman–Crippen MR) is 152 cm³/mol. The normalized spacial score (nSPS) is 11.3. The largest absolute Gasteiger partial charge is 0.573 e. The lowest BCUT2D eigenvalue weighted by Crippen LogP contribution is -2.23. The highest BCUT2D eigenvalue weighted by molar-refractivity contribution is 5.51. The molecule has 48 heavy (non-hydrogen) atoms. The van der Waals surface area contributed by atoms with Crippen molar-refractivity contribution in [2.24, 2.45) is 0 Å². The first-order chi connectivity index (χ1) is 22.6. The first-order valence-electron chi connectivity index (χ1n) is 14.0. The number of unbranched alkanes of at least 4 members (excludes halogenated alkanes) is 2. The fraction of sp³-hybridized carbons (Fsp3) is 0.200. The molecule has 0 bridgehead atoms. The Balaban J connectivity index is 1.49. The molecule has 0 amide bonds. The van der Waals surface area contributed by atoms with E-state index in [2.05, 4.69) is 21.3 Å². The number of ether oxygens (including phenoxy) is 2. The van der Waals surface area contributed by atoms with Crippen molar-refractivity contribution in [3.8, 4) is 35.2 Å². The van der Waals surface area contributed by atoms with Gasteiger partial charge < -0.3 is 9.47 Å². The Morgan fingerprint density at radius 1 is 0.583 bits per heavy atom. The van der Waals surface area contributed by atoms with E-state index in [1.807, 2.05) is 18.8 Å². The van der Waals surface area contributed by atoms with Gasteiger partial charge in [0.25, 0.3) is 0 Å². The maximum atomic E-state index is 14.7. The molecule has 0 saturated carbocycles. The molecular weight excluding hydrogens is 661 g/mol. The first-order valence-corrected chi connectivity index (χ1v) is 14.0. The van der Waals surface area contributed by atoms with Gasteiger partial charge in [0.05, 0.1) is 16.7 Å². The molecule has 0 atom stereocenters. The van der Waals surface area contributed by atoms with E-state index in [0.717, 1.165) is 43.5 Å². The van der Waals surface area contributed by atoms with E-state index in [0.29, 0.717) is 42.3 Å². The lowest BCUT2D eigenvalue weighted by Gasteiger charge is -2.19. The van der Waals surface area contributed by atoms with Crippen LogP contribution in [0.4, 0.5) is 48.3 Å². The fourth-order valence-electron chi connectivity index (χ4n) is 4.28. The minimum absolute atomic E-state index is 0.318. The minimum atomic E-state index is -5.38. The van der Waals surface area contributed by atoms with Crippen LogP contribution in [0, 0.1) is 58.6 Å². The van der Waals surface area contributed by atoms with Crippen molar-refractivity contribution in [3.63, 3.8) is 0 Å². The summed E-state index contributed by atoms with van der Waals surface area (Å²) in [4.78, 5) is 0. The molecule has 4 aromatic rings. The summed E-state index contributed by atoms with van der Waals surface area (Å²) in [5.41, 5.74) is -2.65. The van der Waals surface area contributed by atoms with E-state index < -0.39 is 75.6 Å². The Kier molecular flexibility index (Phi) is 10.9. The predicted octanol–water partition coefficient (Wildman–Crippen LogP) is 10.1. The summed E-state index contributed by atoms with van der Waals surface area (Å²) < 4.78 is 160. The summed E-state index contributed by atoms with van der Waals surface area (Å²) in [6, 6.07) is 7.83. The summed E-state index contributed by atoms with van der Waals surface area (Å²) in [6.45, 7) is 1.99. The van der Waals surface area contributed by atoms with E-state index in [9.17, 15) is 48.3 Å². The molecule has 0 saturated heterocycles. The molecule has 0 fully saturated rings. The lowest BCUT2D eigenvalue weighted by atomic mass is 10.0. The number of halogens is 11. The Labute approximate surface area is 267 Å². The van der Waals surface area contributed by atoms with Crippen molar-refractivity contribution in [1.82, 2.24) is 0 Å². The fourth-order valence-corrected chi connectivity index (χ4v) is 4.28. The van der Waals surface area contributed by atoms with E-state index >= 15 is 0 Å². The van der Waals surface area contributed by atoms with Crippen molar-refractivity contribution in [3.05, 3.63) is 129 Å². The molecule has 0 aliphatic heterocycles. The molecule has 4 aromatic carbocycles. The van der Waals surface area contributed by atoms with Gasteiger partial charge in [-0.3, -0.25) is 0 Å². The zero-order chi connectivity index (χ0) is 35.2. The standard InChI is InChI=1S/C35H21F11O2/c1-2-3-4-5-20-8-13-26(30(39)14-20)34(42,43)47-24-11-10-23(27(36)19-24)9-6-21-15-28(37)25(29(38)16-21)12-7-22-17-31(40)33(32(41)18-22)48-35(44,45)46/h8,10-11,13-19H,2-5H2,1H3. The van der Waals surface area contributed by atoms with Gasteiger partial charge in [0.15, 0.2) is 11.6 Å². The summed E-state index contributed by atoms with van der Waals surface area (Å²) in [7, 11) is 0. The number of alkyl halides is 5. The van der Waals surface area contributed by atoms with Crippen LogP contribution in [0.25, 0.3) is 0 Å². The third-order valence-corrected chi connectivity index (χ3v) is 6.53. The Bertz CT molecular complexity index is 1900. The molecule has 0 aromatic heterocycles. The molecule has 0 heterocycles. The van der Waals surface area contributed by atoms with Crippen LogP contribution in [0.2, 0.25) is 0 Å². The second kappa shape index (κ2) is 14.7. The second-order valence-corrected chi connectivity index (χ2v) is 10.2. The van der Waals surface area contributed by atoms with Crippen LogP contribution >= 0.6 is 0 Å². The van der Waals surface area contributed by atoms with Crippen LogP contribution in [0.1, 0.15) is 59.6 Å². The highest BCUT2D eigenvalue weighted by atomic mass is 19.4. The van der Waals surface area contributed by atoms with Crippen LogP contribution in [0.15, 0.2) is 60.7 Å². The first kappa shape index (κ1) is 35.7. The highest BCUT2D eigenvalue weighted by Gasteiger charge is 2.38. The van der Waals surface area contributed by atoms with Crippen LogP contribution < -0.4 is 9.47 Å². The quantitative estimate of drug-likeness (QED) is 0.105. The smallest absolute Gasteiger partial charge is 0.429 e. The van der Waals surface area contributed by atoms with E-state index in [4.69, 9.17) is 0 Å². The zero-order valence-electron chi connectivity index (χ0n) is 24.6. The molecule has 4 rings (SSSR count). The van der Waals surface area contributed by atoms with Crippen molar-refractivity contribution < 1.29 is 57.8 Å². The molecular formula is C35H21F11O2. The van der Waals surface area contributed by atoms with E-state index in [1.54, 1.807) is 0 Å². The van der Waals surface area contributed by atoms with Gasteiger partial charge >= 0.3 is 12.5 Å². The third kappa shape index (κ3) is 9.22. The monoisotopic (exact) mass is 682 g/mol. The zero-order valence-corrected chi connectivity index (χ0v) is 24.6. The molecule has 0 aliphatic rings. The SMILES string of the molecule is CCCCCc1ccc(C(F)(F)Oc2ccc(C#Cc3cc(F)c(C#Cc4cc(F)c(OC(F)(F)F)c(F)c4)c(F)c3)c(F)c2)c(F)c1. The van der Waals surface area contributed by atoms with Crippen molar-refractivity contribution in [2.45, 2.75) is 45.1 Å². The maximum Gasteiger partial charge on any atom is 0.573 e. The van der Waals surface area contributed by atoms with Gasteiger partial charge in [-0.05, 0) is 66.9 Å². The average Bonchev–Trinajstić information content (AvgIpc) is 2.97. The van der Waals surface area contributed by atoms with Gasteiger partial charge in [0.1, 0.15) is 29.0 Å². The van der Waals surface area contributed by atoms with Gasteiger partial charge in [-0.15, -0.1) is 13.2 Å². The van der Waals surface area contributed by atoms with Crippen molar-refractivity contribution in [1.29, 1.82) is 0 Å². The van der Waals surface area contributed by atoms with Crippen LogP contribution in [0.5, 0.6) is 11.5 Å². The summed E-state index contributed by atoms with van der Waals surface area (Å²) in [6.07, 6.45) is -6.43. The number of hydrogen-bond acceptors (Lipinski definition) is 2. The Hall–Kier alpha value is -5.17. The summed E-state index contributed by atoms with van der Waals surface area (Å²) in [5, 5.41) is 0. The van der Waals surface area contributed by atoms with Gasteiger partial charge in [-0.2, -0.15) is 8.78 Å². The van der Waals surface area contributed by atoms with Gasteiger partial charge in [-0.25, -0.2) is 26.3 Å².